The molecule has 1 amide bonds. The Morgan fingerprint density at radius 1 is 1.15 bits per heavy atom. The highest BCUT2D eigenvalue weighted by Crippen LogP contribution is 2.40. The topological polar surface area (TPSA) is 72.7 Å². The first-order valence-electron chi connectivity index (χ1n) is 8.81. The molecule has 6 heteroatoms. The molecule has 0 unspecified atom stereocenters. The summed E-state index contributed by atoms with van der Waals surface area (Å²) in [6, 6.07) is 10.3. The number of aromatic nitrogens is 4. The molecule has 6 nitrogen and oxygen atoms in total. The summed E-state index contributed by atoms with van der Waals surface area (Å²) < 4.78 is 1.62. The summed E-state index contributed by atoms with van der Waals surface area (Å²) >= 11 is 0. The minimum atomic E-state index is -0.0208. The first-order chi connectivity index (χ1) is 12.5. The van der Waals surface area contributed by atoms with Crippen molar-refractivity contribution in [1.82, 2.24) is 19.7 Å². The van der Waals surface area contributed by atoms with Gasteiger partial charge in [0.15, 0.2) is 0 Å². The van der Waals surface area contributed by atoms with Crippen molar-refractivity contribution >= 4 is 11.7 Å². The fourth-order valence-corrected chi connectivity index (χ4v) is 3.49. The maximum Gasteiger partial charge on any atom is 0.252 e. The number of carbonyl (C=O) groups is 1. The Kier molecular flexibility index (Phi) is 4.03. The van der Waals surface area contributed by atoms with Gasteiger partial charge in [-0.3, -0.25) is 4.79 Å². The second-order valence-electron chi connectivity index (χ2n) is 6.93. The number of fused-ring (bicyclic) bond motifs is 1. The molecule has 1 aliphatic rings. The van der Waals surface area contributed by atoms with Crippen molar-refractivity contribution in [1.29, 1.82) is 0 Å². The summed E-state index contributed by atoms with van der Waals surface area (Å²) in [5.74, 6) is 1.56. The smallest absolute Gasteiger partial charge is 0.252 e. The highest BCUT2D eigenvalue weighted by Gasteiger charge is 2.33. The van der Waals surface area contributed by atoms with Crippen LogP contribution in [-0.2, 0) is 4.79 Å². The summed E-state index contributed by atoms with van der Waals surface area (Å²) in [6.45, 7) is 6.32. The predicted octanol–water partition coefficient (Wildman–Crippen LogP) is 3.57. The van der Waals surface area contributed by atoms with Gasteiger partial charge in [-0.2, -0.15) is 9.78 Å². The fourth-order valence-electron chi connectivity index (χ4n) is 3.49. The van der Waals surface area contributed by atoms with Crippen LogP contribution in [0.25, 0.3) is 5.95 Å². The van der Waals surface area contributed by atoms with Crippen molar-refractivity contribution < 1.29 is 4.79 Å². The zero-order valence-corrected chi connectivity index (χ0v) is 15.1. The minimum Gasteiger partial charge on any atom is -0.310 e. The van der Waals surface area contributed by atoms with Gasteiger partial charge < -0.3 is 5.32 Å². The quantitative estimate of drug-likeness (QED) is 0.786. The van der Waals surface area contributed by atoms with E-state index in [1.807, 2.05) is 6.92 Å². The standard InChI is InChI=1S/C20H21N5O/c1-12(2)14-5-7-15(8-6-14)16-11-17(26)23-19-18(16)13(3)24-25(19)20-21-9-4-10-22-20/h4-10,12,16H,11H2,1-3H3,(H,23,26)/t16-/m0/s1. The number of nitrogens with one attached hydrogen (secondary N) is 1. The van der Waals surface area contributed by atoms with Gasteiger partial charge in [0.05, 0.1) is 5.69 Å². The molecule has 0 aliphatic carbocycles. The number of amides is 1. The van der Waals surface area contributed by atoms with E-state index in [9.17, 15) is 4.79 Å². The van der Waals surface area contributed by atoms with Crippen molar-refractivity contribution in [2.24, 2.45) is 0 Å². The molecule has 132 valence electrons. The Hall–Kier alpha value is -3.02. The van der Waals surface area contributed by atoms with E-state index in [1.54, 1.807) is 23.1 Å². The Morgan fingerprint density at radius 3 is 2.50 bits per heavy atom. The molecule has 0 saturated carbocycles. The lowest BCUT2D eigenvalue weighted by molar-refractivity contribution is -0.116. The molecular weight excluding hydrogens is 326 g/mol. The highest BCUT2D eigenvalue weighted by atomic mass is 16.1. The normalized spacial score (nSPS) is 16.5. The number of anilines is 1. The molecule has 3 heterocycles. The summed E-state index contributed by atoms with van der Waals surface area (Å²) in [5, 5.41) is 7.55. The first-order valence-corrected chi connectivity index (χ1v) is 8.81. The van der Waals surface area contributed by atoms with Crippen molar-refractivity contribution in [3.63, 3.8) is 0 Å². The van der Waals surface area contributed by atoms with Gasteiger partial charge >= 0.3 is 0 Å². The van der Waals surface area contributed by atoms with Crippen molar-refractivity contribution in [3.05, 3.63) is 65.1 Å². The summed E-state index contributed by atoms with van der Waals surface area (Å²) in [5.41, 5.74) is 4.33. The lowest BCUT2D eigenvalue weighted by Crippen LogP contribution is -2.25. The zero-order chi connectivity index (χ0) is 18.3. The van der Waals surface area contributed by atoms with Crippen LogP contribution in [-0.4, -0.2) is 25.7 Å². The Morgan fingerprint density at radius 2 is 1.85 bits per heavy atom. The average molecular weight is 347 g/mol. The van der Waals surface area contributed by atoms with E-state index >= 15 is 0 Å². The monoisotopic (exact) mass is 347 g/mol. The van der Waals surface area contributed by atoms with Gasteiger partial charge in [-0.1, -0.05) is 38.1 Å². The number of benzene rings is 1. The highest BCUT2D eigenvalue weighted by molar-refractivity contribution is 5.95. The molecule has 0 spiro atoms. The van der Waals surface area contributed by atoms with Crippen LogP contribution in [0.3, 0.4) is 0 Å². The molecule has 4 rings (SSSR count). The summed E-state index contributed by atoms with van der Waals surface area (Å²) in [6.07, 6.45) is 3.74. The molecule has 1 aromatic carbocycles. The molecular formula is C20H21N5O. The molecule has 0 fully saturated rings. The summed E-state index contributed by atoms with van der Waals surface area (Å²) in [7, 11) is 0. The molecule has 0 radical (unpaired) electrons. The molecule has 0 bridgehead atoms. The largest absolute Gasteiger partial charge is 0.310 e. The third-order valence-electron chi connectivity index (χ3n) is 4.85. The van der Waals surface area contributed by atoms with Crippen molar-refractivity contribution in [3.8, 4) is 5.95 Å². The Bertz CT molecular complexity index is 944. The van der Waals surface area contributed by atoms with Crippen LogP contribution in [0.4, 0.5) is 5.82 Å². The third kappa shape index (κ3) is 2.77. The molecule has 1 atom stereocenters. The summed E-state index contributed by atoms with van der Waals surface area (Å²) in [4.78, 5) is 20.9. The lowest BCUT2D eigenvalue weighted by atomic mass is 9.85. The molecule has 2 aromatic heterocycles. The SMILES string of the molecule is Cc1nn(-c2ncccn2)c2c1[C@H](c1ccc(C(C)C)cc1)CC(=O)N2. The van der Waals surface area contributed by atoms with Gasteiger partial charge in [0, 0.05) is 30.3 Å². The van der Waals surface area contributed by atoms with Crippen molar-refractivity contribution in [2.75, 3.05) is 5.32 Å². The van der Waals surface area contributed by atoms with E-state index in [0.717, 1.165) is 16.8 Å². The average Bonchev–Trinajstić information content (AvgIpc) is 2.98. The van der Waals surface area contributed by atoms with Crippen LogP contribution in [0.1, 0.15) is 54.5 Å². The van der Waals surface area contributed by atoms with E-state index in [4.69, 9.17) is 0 Å². The molecule has 26 heavy (non-hydrogen) atoms. The second-order valence-corrected chi connectivity index (χ2v) is 6.93. The molecule has 1 N–H and O–H groups in total. The van der Waals surface area contributed by atoms with E-state index in [2.05, 4.69) is 58.5 Å². The van der Waals surface area contributed by atoms with Crippen LogP contribution in [0.15, 0.2) is 42.7 Å². The van der Waals surface area contributed by atoms with Gasteiger partial charge in [-0.05, 0) is 30.0 Å². The predicted molar refractivity (Wildman–Crippen MR) is 99.5 cm³/mol. The van der Waals surface area contributed by atoms with Crippen LogP contribution >= 0.6 is 0 Å². The maximum absolute atomic E-state index is 12.4. The number of carbonyl (C=O) groups excluding carboxylic acids is 1. The van der Waals surface area contributed by atoms with Crippen LogP contribution in [0.5, 0.6) is 0 Å². The number of rotatable bonds is 3. The maximum atomic E-state index is 12.4. The van der Waals surface area contributed by atoms with Crippen LogP contribution in [0.2, 0.25) is 0 Å². The van der Waals surface area contributed by atoms with E-state index in [1.165, 1.54) is 5.56 Å². The minimum absolute atomic E-state index is 0.0163. The zero-order valence-electron chi connectivity index (χ0n) is 15.1. The first kappa shape index (κ1) is 16.4. The fraction of sp³-hybridized carbons (Fsp3) is 0.300. The van der Waals surface area contributed by atoms with Gasteiger partial charge in [-0.15, -0.1) is 0 Å². The number of hydrogen-bond donors (Lipinski definition) is 1. The number of hydrogen-bond acceptors (Lipinski definition) is 4. The third-order valence-corrected chi connectivity index (χ3v) is 4.85. The van der Waals surface area contributed by atoms with Crippen molar-refractivity contribution in [2.45, 2.75) is 39.0 Å². The van der Waals surface area contributed by atoms with Crippen LogP contribution < -0.4 is 5.32 Å². The van der Waals surface area contributed by atoms with E-state index in [-0.39, 0.29) is 11.8 Å². The Labute approximate surface area is 152 Å². The molecule has 1 aliphatic heterocycles. The lowest BCUT2D eigenvalue weighted by Gasteiger charge is -2.24. The van der Waals surface area contributed by atoms with Gasteiger partial charge in [0.25, 0.3) is 5.95 Å². The van der Waals surface area contributed by atoms with Gasteiger partial charge in [0.2, 0.25) is 5.91 Å². The van der Waals surface area contributed by atoms with Gasteiger partial charge in [-0.25, -0.2) is 9.97 Å². The van der Waals surface area contributed by atoms with Gasteiger partial charge in [0.1, 0.15) is 5.82 Å². The van der Waals surface area contributed by atoms with Crippen LogP contribution in [0, 0.1) is 6.92 Å². The molecule has 0 saturated heterocycles. The Balaban J connectivity index is 1.81. The van der Waals surface area contributed by atoms with E-state index < -0.39 is 0 Å². The second kappa shape index (κ2) is 6.37. The number of nitrogens with zero attached hydrogens (tertiary/aromatic N) is 4. The van der Waals surface area contributed by atoms with E-state index in [0.29, 0.717) is 24.1 Å². The molecule has 3 aromatic rings. The number of aryl methyl sites for hydroxylation is 1.